The molecule has 122 valence electrons. The number of hydrogen-bond acceptors (Lipinski definition) is 4. The number of rotatable bonds is 6. The number of nitrogens with one attached hydrogen (secondary N) is 2. The maximum Gasteiger partial charge on any atom is 0.355 e. The Morgan fingerprint density at radius 2 is 2.09 bits per heavy atom. The van der Waals surface area contributed by atoms with Crippen molar-refractivity contribution < 1.29 is 19.1 Å². The Kier molecular flexibility index (Phi) is 5.65. The zero-order chi connectivity index (χ0) is 16.8. The van der Waals surface area contributed by atoms with E-state index in [1.165, 1.54) is 19.2 Å². The van der Waals surface area contributed by atoms with Crippen LogP contribution in [0.2, 0.25) is 5.02 Å². The molecular weight excluding hydrogens is 320 g/mol. The molecule has 1 aromatic heterocycles. The van der Waals surface area contributed by atoms with Crippen molar-refractivity contribution in [1.29, 1.82) is 0 Å². The molecule has 6 nitrogen and oxygen atoms in total. The minimum atomic E-state index is -0.931. The van der Waals surface area contributed by atoms with Crippen molar-refractivity contribution in [2.24, 2.45) is 0 Å². The van der Waals surface area contributed by atoms with Gasteiger partial charge in [-0.15, -0.1) is 0 Å². The van der Waals surface area contributed by atoms with E-state index < -0.39 is 18.0 Å². The normalized spacial score (nSPS) is 11.6. The van der Waals surface area contributed by atoms with Crippen molar-refractivity contribution in [3.8, 4) is 5.75 Å². The molecule has 1 heterocycles. The Bertz CT molecular complexity index is 699. The molecule has 1 amide bonds. The summed E-state index contributed by atoms with van der Waals surface area (Å²) in [5.74, 6) is -0.364. The zero-order valence-corrected chi connectivity index (χ0v) is 13.5. The molecule has 2 aromatic rings. The third-order valence-electron chi connectivity index (χ3n) is 3.17. The number of benzene rings is 1. The van der Waals surface area contributed by atoms with E-state index in [1.807, 2.05) is 18.2 Å². The number of amides is 1. The fraction of sp³-hybridized carbons (Fsp3) is 0.250. The molecule has 0 fully saturated rings. The number of esters is 1. The standard InChI is InChI=1S/C16H17ClN2O4/c1-10(23-16(21)13-7-12(17)9-18-13)15(20)19-8-11-5-3-4-6-14(11)22-2/h3-7,9-10,18H,8H2,1-2H3,(H,19,20)/t10-/m0/s1. The molecule has 2 N–H and O–H groups in total. The highest BCUT2D eigenvalue weighted by Gasteiger charge is 2.20. The van der Waals surface area contributed by atoms with Crippen molar-refractivity contribution in [2.45, 2.75) is 19.6 Å². The summed E-state index contributed by atoms with van der Waals surface area (Å²) in [6, 6.07) is 8.78. The van der Waals surface area contributed by atoms with E-state index in [0.717, 1.165) is 5.56 Å². The molecular formula is C16H17ClN2O4. The maximum absolute atomic E-state index is 12.0. The maximum atomic E-state index is 12.0. The van der Waals surface area contributed by atoms with Gasteiger partial charge in [0, 0.05) is 18.3 Å². The summed E-state index contributed by atoms with van der Waals surface area (Å²) in [4.78, 5) is 26.5. The van der Waals surface area contributed by atoms with E-state index in [-0.39, 0.29) is 12.2 Å². The summed E-state index contributed by atoms with van der Waals surface area (Å²) in [5.41, 5.74) is 1.03. The minimum absolute atomic E-state index is 0.194. The molecule has 0 radical (unpaired) electrons. The fourth-order valence-electron chi connectivity index (χ4n) is 1.94. The highest BCUT2D eigenvalue weighted by atomic mass is 35.5. The van der Waals surface area contributed by atoms with Crippen molar-refractivity contribution in [2.75, 3.05) is 7.11 Å². The first-order chi connectivity index (χ1) is 11.0. The van der Waals surface area contributed by atoms with Gasteiger partial charge in [-0.25, -0.2) is 4.79 Å². The third kappa shape index (κ3) is 4.50. The molecule has 0 bridgehead atoms. The second-order valence-corrected chi connectivity index (χ2v) is 5.25. The van der Waals surface area contributed by atoms with Gasteiger partial charge in [0.05, 0.1) is 12.1 Å². The van der Waals surface area contributed by atoms with Crippen LogP contribution in [-0.2, 0) is 16.1 Å². The smallest absolute Gasteiger partial charge is 0.355 e. The molecule has 23 heavy (non-hydrogen) atoms. The van der Waals surface area contributed by atoms with Gasteiger partial charge in [-0.1, -0.05) is 29.8 Å². The second kappa shape index (κ2) is 7.69. The van der Waals surface area contributed by atoms with Gasteiger partial charge >= 0.3 is 5.97 Å². The molecule has 7 heteroatoms. The first-order valence-corrected chi connectivity index (χ1v) is 7.33. The summed E-state index contributed by atoms with van der Waals surface area (Å²) in [7, 11) is 1.56. The molecule has 0 aliphatic heterocycles. The zero-order valence-electron chi connectivity index (χ0n) is 12.8. The van der Waals surface area contributed by atoms with Gasteiger partial charge in [0.25, 0.3) is 5.91 Å². The van der Waals surface area contributed by atoms with Crippen LogP contribution in [0.1, 0.15) is 23.0 Å². The van der Waals surface area contributed by atoms with Crippen LogP contribution in [0.25, 0.3) is 0 Å². The molecule has 0 aliphatic rings. The van der Waals surface area contributed by atoms with Crippen LogP contribution in [0.3, 0.4) is 0 Å². The average molecular weight is 337 g/mol. The molecule has 2 rings (SSSR count). The molecule has 0 saturated carbocycles. The minimum Gasteiger partial charge on any atom is -0.496 e. The monoisotopic (exact) mass is 336 g/mol. The molecule has 0 saturated heterocycles. The first kappa shape index (κ1) is 16.9. The van der Waals surface area contributed by atoms with Gasteiger partial charge in [-0.2, -0.15) is 0 Å². The molecule has 0 spiro atoms. The number of halogens is 1. The Morgan fingerprint density at radius 1 is 1.35 bits per heavy atom. The van der Waals surface area contributed by atoms with Gasteiger partial charge in [-0.3, -0.25) is 4.79 Å². The van der Waals surface area contributed by atoms with Crippen LogP contribution in [-0.4, -0.2) is 30.1 Å². The topological polar surface area (TPSA) is 80.4 Å². The Hall–Kier alpha value is -2.47. The Labute approximate surface area is 138 Å². The molecule has 0 aliphatic carbocycles. The fourth-order valence-corrected chi connectivity index (χ4v) is 2.10. The lowest BCUT2D eigenvalue weighted by Crippen LogP contribution is -2.35. The lowest BCUT2D eigenvalue weighted by molar-refractivity contribution is -0.129. The van der Waals surface area contributed by atoms with Crippen molar-refractivity contribution in [1.82, 2.24) is 10.3 Å². The number of aromatic amines is 1. The number of aromatic nitrogens is 1. The lowest BCUT2D eigenvalue weighted by Gasteiger charge is -2.14. The van der Waals surface area contributed by atoms with Crippen LogP contribution in [0, 0.1) is 0 Å². The summed E-state index contributed by atoms with van der Waals surface area (Å²) < 4.78 is 10.3. The average Bonchev–Trinajstić information content (AvgIpc) is 2.99. The largest absolute Gasteiger partial charge is 0.496 e. The summed E-state index contributed by atoms with van der Waals surface area (Å²) in [6.45, 7) is 1.78. The number of carbonyl (C=O) groups is 2. The van der Waals surface area contributed by atoms with E-state index >= 15 is 0 Å². The summed E-state index contributed by atoms with van der Waals surface area (Å²) >= 11 is 5.72. The summed E-state index contributed by atoms with van der Waals surface area (Å²) in [6.07, 6.45) is 0.532. The number of hydrogen-bond donors (Lipinski definition) is 2. The number of H-pyrrole nitrogens is 1. The van der Waals surface area contributed by atoms with Crippen LogP contribution in [0.5, 0.6) is 5.75 Å². The van der Waals surface area contributed by atoms with Crippen LogP contribution in [0.15, 0.2) is 36.5 Å². The second-order valence-electron chi connectivity index (χ2n) is 4.81. The van der Waals surface area contributed by atoms with E-state index in [2.05, 4.69) is 10.3 Å². The van der Waals surface area contributed by atoms with Crippen molar-refractivity contribution >= 4 is 23.5 Å². The van der Waals surface area contributed by atoms with Crippen LogP contribution in [0.4, 0.5) is 0 Å². The van der Waals surface area contributed by atoms with Crippen molar-refractivity contribution in [3.05, 3.63) is 52.8 Å². The molecule has 1 aromatic carbocycles. The first-order valence-electron chi connectivity index (χ1n) is 6.95. The third-order valence-corrected chi connectivity index (χ3v) is 3.38. The van der Waals surface area contributed by atoms with Gasteiger partial charge in [-0.05, 0) is 19.1 Å². The highest BCUT2D eigenvalue weighted by Crippen LogP contribution is 2.17. The van der Waals surface area contributed by atoms with Crippen LogP contribution < -0.4 is 10.1 Å². The van der Waals surface area contributed by atoms with E-state index in [1.54, 1.807) is 13.2 Å². The van der Waals surface area contributed by atoms with E-state index in [9.17, 15) is 9.59 Å². The summed E-state index contributed by atoms with van der Waals surface area (Å²) in [5, 5.41) is 3.10. The van der Waals surface area contributed by atoms with E-state index in [0.29, 0.717) is 10.8 Å². The quantitative estimate of drug-likeness (QED) is 0.794. The van der Waals surface area contributed by atoms with Crippen molar-refractivity contribution in [3.63, 3.8) is 0 Å². The van der Waals surface area contributed by atoms with Gasteiger partial charge < -0.3 is 19.8 Å². The van der Waals surface area contributed by atoms with Gasteiger partial charge in [0.15, 0.2) is 6.10 Å². The molecule has 1 atom stereocenters. The van der Waals surface area contributed by atoms with Crippen LogP contribution >= 0.6 is 11.6 Å². The number of ether oxygens (including phenoxy) is 2. The number of para-hydroxylation sites is 1. The predicted molar refractivity (Wildman–Crippen MR) is 85.5 cm³/mol. The SMILES string of the molecule is COc1ccccc1CNC(=O)[C@H](C)OC(=O)c1cc(Cl)c[nH]1. The predicted octanol–water partition coefficient (Wildman–Crippen LogP) is 2.54. The number of methoxy groups -OCH3 is 1. The Morgan fingerprint density at radius 3 is 2.74 bits per heavy atom. The van der Waals surface area contributed by atoms with E-state index in [4.69, 9.17) is 21.1 Å². The lowest BCUT2D eigenvalue weighted by atomic mass is 10.2. The van der Waals surface area contributed by atoms with Gasteiger partial charge in [0.2, 0.25) is 0 Å². The molecule has 0 unspecified atom stereocenters. The highest BCUT2D eigenvalue weighted by molar-refractivity contribution is 6.30. The van der Waals surface area contributed by atoms with Gasteiger partial charge in [0.1, 0.15) is 11.4 Å². The number of carbonyl (C=O) groups excluding carboxylic acids is 2. The Balaban J connectivity index is 1.89.